The van der Waals surface area contributed by atoms with Crippen LogP contribution in [0.4, 0.5) is 16.2 Å². The number of hydrogen-bond acceptors (Lipinski definition) is 5. The van der Waals surface area contributed by atoms with Gasteiger partial charge < -0.3 is 15.3 Å². The van der Waals surface area contributed by atoms with Crippen molar-refractivity contribution >= 4 is 11.8 Å². The Kier molecular flexibility index (Phi) is 5.62. The summed E-state index contributed by atoms with van der Waals surface area (Å²) in [4.78, 5) is 9.66. The fourth-order valence-corrected chi connectivity index (χ4v) is 1.44. The fraction of sp³-hybridized carbons (Fsp3) is 0.636. The summed E-state index contributed by atoms with van der Waals surface area (Å²) < 4.78 is 13.6. The van der Waals surface area contributed by atoms with Crippen LogP contribution < -0.4 is 10.2 Å². The Morgan fingerprint density at radius 3 is 2.82 bits per heavy atom. The van der Waals surface area contributed by atoms with E-state index in [9.17, 15) is 4.39 Å². The van der Waals surface area contributed by atoms with Gasteiger partial charge in [0, 0.05) is 19.6 Å². The number of nitrogens with one attached hydrogen (secondary N) is 1. The minimum absolute atomic E-state index is 0.0327. The van der Waals surface area contributed by atoms with Crippen LogP contribution in [0.2, 0.25) is 0 Å². The number of aliphatic hydroxyl groups excluding tert-OH is 1. The third-order valence-electron chi connectivity index (χ3n) is 2.31. The first kappa shape index (κ1) is 13.6. The number of rotatable bonds is 7. The maximum absolute atomic E-state index is 13.6. The molecule has 0 spiro atoms. The van der Waals surface area contributed by atoms with E-state index in [1.807, 2.05) is 13.8 Å². The van der Waals surface area contributed by atoms with Gasteiger partial charge in [-0.25, -0.2) is 9.37 Å². The quantitative estimate of drug-likeness (QED) is 0.753. The zero-order valence-electron chi connectivity index (χ0n) is 10.3. The highest BCUT2D eigenvalue weighted by atomic mass is 19.1. The number of hydrogen-bond donors (Lipinski definition) is 2. The van der Waals surface area contributed by atoms with Gasteiger partial charge >= 0.3 is 0 Å². The maximum atomic E-state index is 13.6. The number of likely N-dealkylation sites (N-methyl/N-ethyl adjacent to an activating group) is 1. The van der Waals surface area contributed by atoms with E-state index in [-0.39, 0.29) is 12.4 Å². The molecule has 0 aliphatic heterocycles. The van der Waals surface area contributed by atoms with Crippen molar-refractivity contribution in [3.05, 3.63) is 12.0 Å². The van der Waals surface area contributed by atoms with Crippen LogP contribution in [0.25, 0.3) is 0 Å². The molecule has 6 heteroatoms. The van der Waals surface area contributed by atoms with E-state index in [4.69, 9.17) is 5.11 Å². The van der Waals surface area contributed by atoms with Gasteiger partial charge in [-0.1, -0.05) is 6.92 Å². The zero-order chi connectivity index (χ0) is 12.7. The number of aromatic nitrogens is 2. The van der Waals surface area contributed by atoms with Crippen LogP contribution in [0.1, 0.15) is 20.3 Å². The monoisotopic (exact) mass is 242 g/mol. The van der Waals surface area contributed by atoms with Gasteiger partial charge in [0.2, 0.25) is 5.95 Å². The van der Waals surface area contributed by atoms with E-state index >= 15 is 0 Å². The smallest absolute Gasteiger partial charge is 0.224 e. The number of aliphatic hydroxyl groups is 1. The highest BCUT2D eigenvalue weighted by molar-refractivity contribution is 5.43. The Bertz CT molecular complexity index is 348. The lowest BCUT2D eigenvalue weighted by Gasteiger charge is -2.21. The number of anilines is 2. The summed E-state index contributed by atoms with van der Waals surface area (Å²) in [5.41, 5.74) is 0. The van der Waals surface area contributed by atoms with E-state index in [1.165, 1.54) is 0 Å². The van der Waals surface area contributed by atoms with Crippen LogP contribution in [0.5, 0.6) is 0 Å². The van der Waals surface area contributed by atoms with Crippen molar-refractivity contribution in [1.29, 1.82) is 0 Å². The van der Waals surface area contributed by atoms with Gasteiger partial charge in [-0.15, -0.1) is 0 Å². The SMILES string of the molecule is CCCNc1ncc(F)c(N(CC)CCO)n1. The van der Waals surface area contributed by atoms with Crippen molar-refractivity contribution in [2.45, 2.75) is 20.3 Å². The molecular weight excluding hydrogens is 223 g/mol. The molecule has 0 fully saturated rings. The molecule has 0 saturated carbocycles. The van der Waals surface area contributed by atoms with Gasteiger partial charge in [0.05, 0.1) is 12.8 Å². The average molecular weight is 242 g/mol. The van der Waals surface area contributed by atoms with Crippen LogP contribution >= 0.6 is 0 Å². The van der Waals surface area contributed by atoms with Crippen molar-refractivity contribution in [2.75, 3.05) is 36.5 Å². The van der Waals surface area contributed by atoms with Crippen molar-refractivity contribution in [3.63, 3.8) is 0 Å². The fourth-order valence-electron chi connectivity index (χ4n) is 1.44. The van der Waals surface area contributed by atoms with Crippen LogP contribution in [-0.2, 0) is 0 Å². The highest BCUT2D eigenvalue weighted by Crippen LogP contribution is 2.16. The molecule has 0 radical (unpaired) electrons. The Morgan fingerprint density at radius 2 is 2.24 bits per heavy atom. The van der Waals surface area contributed by atoms with Crippen molar-refractivity contribution in [1.82, 2.24) is 9.97 Å². The van der Waals surface area contributed by atoms with Gasteiger partial charge in [-0.3, -0.25) is 0 Å². The molecule has 0 aliphatic rings. The molecule has 5 nitrogen and oxygen atoms in total. The molecule has 1 aromatic heterocycles. The van der Waals surface area contributed by atoms with Crippen LogP contribution in [0.3, 0.4) is 0 Å². The zero-order valence-corrected chi connectivity index (χ0v) is 10.3. The molecule has 96 valence electrons. The van der Waals surface area contributed by atoms with E-state index in [0.29, 0.717) is 19.0 Å². The molecule has 0 saturated heterocycles. The average Bonchev–Trinajstić information content (AvgIpc) is 2.35. The lowest BCUT2D eigenvalue weighted by atomic mass is 10.4. The Hall–Kier alpha value is -1.43. The molecule has 1 rings (SSSR count). The molecule has 17 heavy (non-hydrogen) atoms. The van der Waals surface area contributed by atoms with E-state index in [1.54, 1.807) is 4.90 Å². The lowest BCUT2D eigenvalue weighted by molar-refractivity contribution is 0.301. The van der Waals surface area contributed by atoms with Crippen molar-refractivity contribution in [3.8, 4) is 0 Å². The summed E-state index contributed by atoms with van der Waals surface area (Å²) in [7, 11) is 0. The summed E-state index contributed by atoms with van der Waals surface area (Å²) in [5, 5.41) is 11.9. The van der Waals surface area contributed by atoms with Crippen LogP contribution in [0.15, 0.2) is 6.20 Å². The summed E-state index contributed by atoms with van der Waals surface area (Å²) in [5.74, 6) is 0.178. The molecule has 0 aromatic carbocycles. The standard InChI is InChI=1S/C11H19FN4O/c1-3-5-13-11-14-8-9(12)10(15-11)16(4-2)6-7-17/h8,17H,3-7H2,1-2H3,(H,13,14,15). The second-order valence-electron chi connectivity index (χ2n) is 3.60. The minimum atomic E-state index is -0.470. The summed E-state index contributed by atoms with van der Waals surface area (Å²) >= 11 is 0. The molecule has 0 bridgehead atoms. The van der Waals surface area contributed by atoms with Gasteiger partial charge in [-0.05, 0) is 13.3 Å². The van der Waals surface area contributed by atoms with Crippen molar-refractivity contribution < 1.29 is 9.50 Å². The molecule has 0 aliphatic carbocycles. The largest absolute Gasteiger partial charge is 0.395 e. The third kappa shape index (κ3) is 3.81. The Balaban J connectivity index is 2.87. The summed E-state index contributed by atoms with van der Waals surface area (Å²) in [6.45, 7) is 5.57. The molecule has 0 atom stereocenters. The van der Waals surface area contributed by atoms with Gasteiger partial charge in [0.1, 0.15) is 0 Å². The third-order valence-corrected chi connectivity index (χ3v) is 2.31. The normalized spacial score (nSPS) is 10.4. The first-order valence-electron chi connectivity index (χ1n) is 5.85. The first-order chi connectivity index (χ1) is 8.22. The summed E-state index contributed by atoms with van der Waals surface area (Å²) in [6, 6.07) is 0. The predicted octanol–water partition coefficient (Wildman–Crippen LogP) is 1.26. The molecular formula is C11H19FN4O. The number of nitrogens with zero attached hydrogens (tertiary/aromatic N) is 3. The maximum Gasteiger partial charge on any atom is 0.224 e. The van der Waals surface area contributed by atoms with Gasteiger partial charge in [-0.2, -0.15) is 4.98 Å². The van der Waals surface area contributed by atoms with Crippen LogP contribution in [0, 0.1) is 5.82 Å². The van der Waals surface area contributed by atoms with E-state index in [0.717, 1.165) is 19.2 Å². The highest BCUT2D eigenvalue weighted by Gasteiger charge is 2.12. The second kappa shape index (κ2) is 7.01. The lowest BCUT2D eigenvalue weighted by Crippen LogP contribution is -2.28. The Morgan fingerprint density at radius 1 is 1.47 bits per heavy atom. The van der Waals surface area contributed by atoms with Crippen LogP contribution in [-0.4, -0.2) is 41.3 Å². The topological polar surface area (TPSA) is 61.3 Å². The van der Waals surface area contributed by atoms with Gasteiger partial charge in [0.25, 0.3) is 0 Å². The molecule has 2 N–H and O–H groups in total. The number of halogens is 1. The first-order valence-corrected chi connectivity index (χ1v) is 5.85. The minimum Gasteiger partial charge on any atom is -0.395 e. The van der Waals surface area contributed by atoms with E-state index in [2.05, 4.69) is 15.3 Å². The molecule has 1 heterocycles. The second-order valence-corrected chi connectivity index (χ2v) is 3.60. The van der Waals surface area contributed by atoms with Gasteiger partial charge in [0.15, 0.2) is 11.6 Å². The molecule has 0 unspecified atom stereocenters. The predicted molar refractivity (Wildman–Crippen MR) is 65.7 cm³/mol. The van der Waals surface area contributed by atoms with E-state index < -0.39 is 5.82 Å². The molecule has 0 amide bonds. The Labute approximate surface area is 101 Å². The van der Waals surface area contributed by atoms with Crippen molar-refractivity contribution in [2.24, 2.45) is 0 Å². The molecule has 1 aromatic rings. The summed E-state index contributed by atoms with van der Waals surface area (Å²) in [6.07, 6.45) is 2.10.